The van der Waals surface area contributed by atoms with Crippen LogP contribution in [0.4, 0.5) is 5.69 Å². The first kappa shape index (κ1) is 21.4. The SMILES string of the molecule is CCOc1ccc(-c2c(C)sc3ncn(CC(=O)N4CCCc5ccccc54)c(=O)c23)cc1. The highest BCUT2D eigenvalue weighted by Crippen LogP contribution is 2.36. The molecule has 2 aromatic carbocycles. The Morgan fingerprint density at radius 1 is 1.15 bits per heavy atom. The molecule has 2 aromatic heterocycles. The molecule has 0 spiro atoms. The Morgan fingerprint density at radius 3 is 2.73 bits per heavy atom. The molecule has 0 radical (unpaired) electrons. The van der Waals surface area contributed by atoms with Crippen molar-refractivity contribution in [1.82, 2.24) is 9.55 Å². The first-order chi connectivity index (χ1) is 16.1. The molecule has 33 heavy (non-hydrogen) atoms. The van der Waals surface area contributed by atoms with E-state index in [9.17, 15) is 9.59 Å². The zero-order valence-corrected chi connectivity index (χ0v) is 19.5. The predicted octanol–water partition coefficient (Wildman–Crippen LogP) is 4.81. The number of hydrogen-bond donors (Lipinski definition) is 0. The van der Waals surface area contributed by atoms with E-state index in [0.717, 1.165) is 40.3 Å². The van der Waals surface area contributed by atoms with Crippen molar-refractivity contribution in [2.24, 2.45) is 0 Å². The van der Waals surface area contributed by atoms with Gasteiger partial charge in [-0.15, -0.1) is 11.3 Å². The average Bonchev–Trinajstić information content (AvgIpc) is 3.18. The molecule has 0 saturated heterocycles. The van der Waals surface area contributed by atoms with Crippen LogP contribution in [0.2, 0.25) is 0 Å². The van der Waals surface area contributed by atoms with Crippen LogP contribution in [0.1, 0.15) is 23.8 Å². The van der Waals surface area contributed by atoms with Crippen LogP contribution in [0, 0.1) is 6.92 Å². The van der Waals surface area contributed by atoms with Crippen molar-refractivity contribution in [3.8, 4) is 16.9 Å². The number of carbonyl (C=O) groups is 1. The Balaban J connectivity index is 1.51. The maximum Gasteiger partial charge on any atom is 0.263 e. The van der Waals surface area contributed by atoms with Crippen LogP contribution in [0.5, 0.6) is 5.75 Å². The van der Waals surface area contributed by atoms with Crippen LogP contribution in [0.25, 0.3) is 21.3 Å². The fourth-order valence-electron chi connectivity index (χ4n) is 4.51. The summed E-state index contributed by atoms with van der Waals surface area (Å²) < 4.78 is 6.98. The van der Waals surface area contributed by atoms with E-state index >= 15 is 0 Å². The van der Waals surface area contributed by atoms with Gasteiger partial charge in [-0.2, -0.15) is 0 Å². The topological polar surface area (TPSA) is 64.4 Å². The fraction of sp³-hybridized carbons (Fsp3) is 0.269. The van der Waals surface area contributed by atoms with E-state index in [-0.39, 0.29) is 18.0 Å². The smallest absolute Gasteiger partial charge is 0.263 e. The minimum Gasteiger partial charge on any atom is -0.494 e. The number of carbonyl (C=O) groups excluding carboxylic acids is 1. The molecule has 1 aliphatic heterocycles. The number of hydrogen-bond acceptors (Lipinski definition) is 5. The van der Waals surface area contributed by atoms with Crippen molar-refractivity contribution < 1.29 is 9.53 Å². The Hall–Kier alpha value is -3.45. The van der Waals surface area contributed by atoms with Crippen LogP contribution in [-0.4, -0.2) is 28.6 Å². The Bertz CT molecular complexity index is 1390. The van der Waals surface area contributed by atoms with Crippen molar-refractivity contribution in [3.05, 3.63) is 75.7 Å². The highest BCUT2D eigenvalue weighted by Gasteiger charge is 2.24. The lowest BCUT2D eigenvalue weighted by Crippen LogP contribution is -2.39. The Kier molecular flexibility index (Phi) is 5.72. The molecule has 4 aromatic rings. The molecular weight excluding hydrogens is 434 g/mol. The number of aryl methyl sites for hydroxylation is 2. The number of thiophene rings is 1. The summed E-state index contributed by atoms with van der Waals surface area (Å²) in [7, 11) is 0. The average molecular weight is 460 g/mol. The normalized spacial score (nSPS) is 13.2. The van der Waals surface area contributed by atoms with Gasteiger partial charge in [-0.3, -0.25) is 14.2 Å². The fourth-order valence-corrected chi connectivity index (χ4v) is 5.51. The number of ether oxygens (including phenoxy) is 1. The first-order valence-electron chi connectivity index (χ1n) is 11.2. The van der Waals surface area contributed by atoms with Crippen LogP contribution in [0.15, 0.2) is 59.7 Å². The number of aromatic nitrogens is 2. The summed E-state index contributed by atoms with van der Waals surface area (Å²) in [5, 5.41) is 0.566. The van der Waals surface area contributed by atoms with E-state index in [2.05, 4.69) is 11.1 Å². The molecular formula is C26H25N3O3S. The van der Waals surface area contributed by atoms with Gasteiger partial charge in [0.15, 0.2) is 0 Å². The molecule has 0 bridgehead atoms. The number of benzene rings is 2. The van der Waals surface area contributed by atoms with Crippen molar-refractivity contribution in [2.75, 3.05) is 18.1 Å². The third kappa shape index (κ3) is 3.93. The summed E-state index contributed by atoms with van der Waals surface area (Å²) in [5.74, 6) is 0.696. The predicted molar refractivity (Wildman–Crippen MR) is 132 cm³/mol. The van der Waals surface area contributed by atoms with Gasteiger partial charge in [0.25, 0.3) is 5.56 Å². The summed E-state index contributed by atoms with van der Waals surface area (Å²) >= 11 is 1.50. The Labute approximate surface area is 196 Å². The second kappa shape index (κ2) is 8.83. The summed E-state index contributed by atoms with van der Waals surface area (Å²) in [4.78, 5) is 34.7. The van der Waals surface area contributed by atoms with Gasteiger partial charge in [0, 0.05) is 22.7 Å². The first-order valence-corrected chi connectivity index (χ1v) is 12.0. The summed E-state index contributed by atoms with van der Waals surface area (Å²) in [6.45, 7) is 5.17. The number of fused-ring (bicyclic) bond motifs is 2. The molecule has 0 N–H and O–H groups in total. The minimum absolute atomic E-state index is 0.0340. The molecule has 1 aliphatic rings. The molecule has 0 saturated carbocycles. The quantitative estimate of drug-likeness (QED) is 0.430. The van der Waals surface area contributed by atoms with Gasteiger partial charge in [0.05, 0.1) is 18.3 Å². The van der Waals surface area contributed by atoms with Gasteiger partial charge >= 0.3 is 0 Å². The number of anilines is 1. The van der Waals surface area contributed by atoms with E-state index in [1.165, 1.54) is 27.8 Å². The van der Waals surface area contributed by atoms with Crippen molar-refractivity contribution >= 4 is 33.1 Å². The second-order valence-corrected chi connectivity index (χ2v) is 9.33. The number of para-hydroxylation sites is 1. The molecule has 6 nitrogen and oxygen atoms in total. The van der Waals surface area contributed by atoms with Crippen molar-refractivity contribution in [2.45, 2.75) is 33.2 Å². The minimum atomic E-state index is -0.188. The zero-order chi connectivity index (χ0) is 22.9. The lowest BCUT2D eigenvalue weighted by atomic mass is 10.0. The van der Waals surface area contributed by atoms with E-state index < -0.39 is 0 Å². The largest absolute Gasteiger partial charge is 0.494 e. The van der Waals surface area contributed by atoms with Crippen LogP contribution in [-0.2, 0) is 17.8 Å². The highest BCUT2D eigenvalue weighted by atomic mass is 32.1. The lowest BCUT2D eigenvalue weighted by molar-refractivity contribution is -0.119. The third-order valence-electron chi connectivity index (χ3n) is 6.03. The maximum absolute atomic E-state index is 13.5. The maximum atomic E-state index is 13.5. The van der Waals surface area contributed by atoms with Gasteiger partial charge in [-0.1, -0.05) is 30.3 Å². The molecule has 1 amide bonds. The zero-order valence-electron chi connectivity index (χ0n) is 18.7. The lowest BCUT2D eigenvalue weighted by Gasteiger charge is -2.29. The number of rotatable bonds is 5. The number of nitrogens with zero attached hydrogens (tertiary/aromatic N) is 3. The van der Waals surface area contributed by atoms with E-state index in [1.54, 1.807) is 4.90 Å². The summed E-state index contributed by atoms with van der Waals surface area (Å²) in [5.41, 5.74) is 3.74. The van der Waals surface area contributed by atoms with Crippen LogP contribution < -0.4 is 15.2 Å². The van der Waals surface area contributed by atoms with Gasteiger partial charge < -0.3 is 9.64 Å². The van der Waals surface area contributed by atoms with Crippen LogP contribution in [0.3, 0.4) is 0 Å². The molecule has 7 heteroatoms. The monoisotopic (exact) mass is 459 g/mol. The molecule has 3 heterocycles. The van der Waals surface area contributed by atoms with Crippen molar-refractivity contribution in [3.63, 3.8) is 0 Å². The molecule has 0 fully saturated rings. The highest BCUT2D eigenvalue weighted by molar-refractivity contribution is 7.19. The summed E-state index contributed by atoms with van der Waals surface area (Å²) in [6, 6.07) is 15.7. The second-order valence-electron chi connectivity index (χ2n) is 8.13. The molecule has 168 valence electrons. The van der Waals surface area contributed by atoms with E-state index in [4.69, 9.17) is 4.74 Å². The van der Waals surface area contributed by atoms with E-state index in [0.29, 0.717) is 23.4 Å². The van der Waals surface area contributed by atoms with Crippen molar-refractivity contribution in [1.29, 1.82) is 0 Å². The molecule has 0 unspecified atom stereocenters. The summed E-state index contributed by atoms with van der Waals surface area (Å²) in [6.07, 6.45) is 3.38. The Morgan fingerprint density at radius 2 is 1.94 bits per heavy atom. The van der Waals surface area contributed by atoms with Crippen LogP contribution >= 0.6 is 11.3 Å². The molecule has 0 atom stereocenters. The van der Waals surface area contributed by atoms with Gasteiger partial charge in [-0.25, -0.2) is 4.98 Å². The van der Waals surface area contributed by atoms with Gasteiger partial charge in [0.2, 0.25) is 5.91 Å². The molecule has 5 rings (SSSR count). The van der Waals surface area contributed by atoms with Gasteiger partial charge in [0.1, 0.15) is 17.1 Å². The molecule has 0 aliphatic carbocycles. The third-order valence-corrected chi connectivity index (χ3v) is 7.04. The standard InChI is InChI=1S/C26H25N3O3S/c1-3-32-20-12-10-19(11-13-20)23-17(2)33-25-24(23)26(31)28(16-27-25)15-22(30)29-14-6-8-18-7-4-5-9-21(18)29/h4-5,7,9-13,16H,3,6,8,14-15H2,1-2H3. The van der Waals surface area contributed by atoms with Gasteiger partial charge in [-0.05, 0) is 56.0 Å². The number of amides is 1. The van der Waals surface area contributed by atoms with E-state index in [1.807, 2.05) is 56.3 Å².